The Balaban J connectivity index is 2.16. The molecule has 1 unspecified atom stereocenters. The van der Waals surface area contributed by atoms with Crippen LogP contribution in [0, 0.1) is 5.92 Å². The van der Waals surface area contributed by atoms with Gasteiger partial charge in [-0.2, -0.15) is 0 Å². The van der Waals surface area contributed by atoms with Gasteiger partial charge in [0.2, 0.25) is 0 Å². The third-order valence-corrected chi connectivity index (χ3v) is 3.89. The molecule has 16 heavy (non-hydrogen) atoms. The lowest BCUT2D eigenvalue weighted by Crippen LogP contribution is -2.25. The van der Waals surface area contributed by atoms with Gasteiger partial charge in [0.25, 0.3) is 0 Å². The van der Waals surface area contributed by atoms with Gasteiger partial charge in [-0.05, 0) is 47.2 Å². The van der Waals surface area contributed by atoms with Crippen LogP contribution in [-0.2, 0) is 0 Å². The highest BCUT2D eigenvalue weighted by Gasteiger charge is 2.17. The zero-order valence-electron chi connectivity index (χ0n) is 9.42. The Morgan fingerprint density at radius 3 is 3.00 bits per heavy atom. The summed E-state index contributed by atoms with van der Waals surface area (Å²) in [6, 6.07) is 1.91. The molecule has 2 heterocycles. The van der Waals surface area contributed by atoms with Gasteiger partial charge < -0.3 is 4.90 Å². The van der Waals surface area contributed by atoms with Crippen molar-refractivity contribution in [2.45, 2.75) is 26.2 Å². The van der Waals surface area contributed by atoms with Gasteiger partial charge in [0.1, 0.15) is 5.82 Å². The predicted octanol–water partition coefficient (Wildman–Crippen LogP) is 4.12. The molecule has 1 aromatic heterocycles. The average molecular weight is 304 g/mol. The minimum Gasteiger partial charge on any atom is -0.356 e. The Morgan fingerprint density at radius 2 is 2.25 bits per heavy atom. The topological polar surface area (TPSA) is 16.1 Å². The van der Waals surface area contributed by atoms with Gasteiger partial charge in [-0.25, -0.2) is 4.98 Å². The molecule has 0 amide bonds. The van der Waals surface area contributed by atoms with Gasteiger partial charge in [0.05, 0.1) is 9.50 Å². The van der Waals surface area contributed by atoms with Crippen LogP contribution in [0.4, 0.5) is 5.82 Å². The van der Waals surface area contributed by atoms with Gasteiger partial charge in [0, 0.05) is 19.3 Å². The molecule has 88 valence electrons. The van der Waals surface area contributed by atoms with Crippen molar-refractivity contribution < 1.29 is 0 Å². The van der Waals surface area contributed by atoms with E-state index in [2.05, 4.69) is 32.7 Å². The summed E-state index contributed by atoms with van der Waals surface area (Å²) in [5.74, 6) is 1.86. The van der Waals surface area contributed by atoms with Gasteiger partial charge in [-0.3, -0.25) is 0 Å². The molecule has 2 rings (SSSR count). The fourth-order valence-electron chi connectivity index (χ4n) is 2.11. The number of hydrogen-bond donors (Lipinski definition) is 0. The van der Waals surface area contributed by atoms with E-state index in [0.717, 1.165) is 29.3 Å². The molecule has 0 radical (unpaired) electrons. The van der Waals surface area contributed by atoms with Gasteiger partial charge in [-0.15, -0.1) is 0 Å². The fraction of sp³-hybridized carbons (Fsp3) is 0.583. The minimum atomic E-state index is 0.679. The predicted molar refractivity (Wildman–Crippen MR) is 72.2 cm³/mol. The second-order valence-electron chi connectivity index (χ2n) is 4.48. The van der Waals surface area contributed by atoms with E-state index in [1.807, 2.05) is 6.07 Å². The van der Waals surface area contributed by atoms with Crippen molar-refractivity contribution in [2.75, 3.05) is 18.0 Å². The SMILES string of the molecule is CC1CCCN(c2ncc(Cl)cc2Br)CC1. The first-order chi connectivity index (χ1) is 7.66. The van der Waals surface area contributed by atoms with E-state index >= 15 is 0 Å². The van der Waals surface area contributed by atoms with Crippen molar-refractivity contribution in [3.63, 3.8) is 0 Å². The van der Waals surface area contributed by atoms with Crippen LogP contribution < -0.4 is 4.90 Å². The van der Waals surface area contributed by atoms with Crippen LogP contribution in [0.5, 0.6) is 0 Å². The first kappa shape index (κ1) is 12.2. The van der Waals surface area contributed by atoms with E-state index in [9.17, 15) is 0 Å². The van der Waals surface area contributed by atoms with Crippen LogP contribution in [0.15, 0.2) is 16.7 Å². The molecule has 1 atom stereocenters. The molecule has 0 saturated carbocycles. The molecule has 2 nitrogen and oxygen atoms in total. The molecule has 0 spiro atoms. The Hall–Kier alpha value is -0.280. The van der Waals surface area contributed by atoms with Gasteiger partial charge in [0.15, 0.2) is 0 Å². The van der Waals surface area contributed by atoms with Crippen LogP contribution in [0.3, 0.4) is 0 Å². The molecule has 1 saturated heterocycles. The molecule has 1 fully saturated rings. The van der Waals surface area contributed by atoms with Crippen molar-refractivity contribution in [3.05, 3.63) is 21.8 Å². The summed E-state index contributed by atoms with van der Waals surface area (Å²) in [5, 5.41) is 0.679. The number of halogens is 2. The maximum atomic E-state index is 5.90. The lowest BCUT2D eigenvalue weighted by molar-refractivity contribution is 0.521. The molecule has 0 aliphatic carbocycles. The van der Waals surface area contributed by atoms with Crippen molar-refractivity contribution in [1.82, 2.24) is 4.98 Å². The standard InChI is InChI=1S/C12H16BrClN2/c1-9-3-2-5-16(6-4-9)12-11(13)7-10(14)8-15-12/h7-9H,2-6H2,1H3. The van der Waals surface area contributed by atoms with Crippen LogP contribution in [0.1, 0.15) is 26.2 Å². The number of aromatic nitrogens is 1. The lowest BCUT2D eigenvalue weighted by atomic mass is 10.0. The third-order valence-electron chi connectivity index (χ3n) is 3.10. The highest BCUT2D eigenvalue weighted by atomic mass is 79.9. The number of anilines is 1. The van der Waals surface area contributed by atoms with Crippen LogP contribution in [0.2, 0.25) is 5.02 Å². The number of nitrogens with zero attached hydrogens (tertiary/aromatic N) is 2. The number of pyridine rings is 1. The first-order valence-electron chi connectivity index (χ1n) is 5.73. The smallest absolute Gasteiger partial charge is 0.142 e. The van der Waals surface area contributed by atoms with E-state index < -0.39 is 0 Å². The van der Waals surface area contributed by atoms with Crippen LogP contribution >= 0.6 is 27.5 Å². The highest BCUT2D eigenvalue weighted by molar-refractivity contribution is 9.10. The zero-order valence-corrected chi connectivity index (χ0v) is 11.8. The molecule has 0 aromatic carbocycles. The van der Waals surface area contributed by atoms with E-state index in [1.54, 1.807) is 6.20 Å². The third kappa shape index (κ3) is 2.89. The molecule has 1 aromatic rings. The molecule has 0 bridgehead atoms. The fourth-order valence-corrected chi connectivity index (χ4v) is 3.00. The Bertz CT molecular complexity index is 370. The average Bonchev–Trinajstić information content (AvgIpc) is 2.43. The zero-order chi connectivity index (χ0) is 11.5. The molecule has 1 aliphatic rings. The van der Waals surface area contributed by atoms with E-state index in [1.165, 1.54) is 19.3 Å². The molecule has 1 aliphatic heterocycles. The second kappa shape index (κ2) is 5.37. The first-order valence-corrected chi connectivity index (χ1v) is 6.90. The molecular formula is C12H16BrClN2. The highest BCUT2D eigenvalue weighted by Crippen LogP contribution is 2.29. The maximum Gasteiger partial charge on any atom is 0.142 e. The quantitative estimate of drug-likeness (QED) is 0.775. The van der Waals surface area contributed by atoms with Gasteiger partial charge in [-0.1, -0.05) is 18.5 Å². The summed E-state index contributed by atoms with van der Waals surface area (Å²) in [6.07, 6.45) is 5.53. The summed E-state index contributed by atoms with van der Waals surface area (Å²) < 4.78 is 0.995. The van der Waals surface area contributed by atoms with Crippen molar-refractivity contribution in [2.24, 2.45) is 5.92 Å². The maximum absolute atomic E-state index is 5.90. The number of rotatable bonds is 1. The van der Waals surface area contributed by atoms with E-state index in [4.69, 9.17) is 11.6 Å². The van der Waals surface area contributed by atoms with Gasteiger partial charge >= 0.3 is 0 Å². The summed E-state index contributed by atoms with van der Waals surface area (Å²) in [7, 11) is 0. The summed E-state index contributed by atoms with van der Waals surface area (Å²) in [5.41, 5.74) is 0. The minimum absolute atomic E-state index is 0.679. The number of hydrogen-bond acceptors (Lipinski definition) is 2. The molecular weight excluding hydrogens is 288 g/mol. The van der Waals surface area contributed by atoms with Crippen molar-refractivity contribution in [3.8, 4) is 0 Å². The van der Waals surface area contributed by atoms with Crippen molar-refractivity contribution in [1.29, 1.82) is 0 Å². The van der Waals surface area contributed by atoms with Crippen LogP contribution in [0.25, 0.3) is 0 Å². The van der Waals surface area contributed by atoms with E-state index in [0.29, 0.717) is 5.02 Å². The monoisotopic (exact) mass is 302 g/mol. The second-order valence-corrected chi connectivity index (χ2v) is 5.77. The molecule has 4 heteroatoms. The molecule has 0 N–H and O–H groups in total. The Kier molecular flexibility index (Phi) is 4.09. The summed E-state index contributed by atoms with van der Waals surface area (Å²) in [4.78, 5) is 6.77. The summed E-state index contributed by atoms with van der Waals surface area (Å²) >= 11 is 9.43. The van der Waals surface area contributed by atoms with E-state index in [-0.39, 0.29) is 0 Å². The van der Waals surface area contributed by atoms with Crippen molar-refractivity contribution >= 4 is 33.3 Å². The Morgan fingerprint density at radius 1 is 1.44 bits per heavy atom. The summed E-state index contributed by atoms with van der Waals surface area (Å²) in [6.45, 7) is 4.51. The largest absolute Gasteiger partial charge is 0.356 e. The normalized spacial score (nSPS) is 21.9. The lowest BCUT2D eigenvalue weighted by Gasteiger charge is -2.22. The Labute approximate surface area is 110 Å². The van der Waals surface area contributed by atoms with Crippen LogP contribution in [-0.4, -0.2) is 18.1 Å².